The standard InChI is InChI=1S/C21H23IO7/c1-4-26-19(23)21(14-25-3,20(24)27-5-2)29-18-12-10-17(11-13-18)28-16-8-6-15(22)7-9-16/h6-13H,4-5,14H2,1-3H3. The van der Waals surface area contributed by atoms with Crippen LogP contribution >= 0.6 is 22.6 Å². The third-order valence-corrected chi connectivity index (χ3v) is 4.44. The van der Waals surface area contributed by atoms with Gasteiger partial charge in [0.05, 0.1) is 13.2 Å². The highest BCUT2D eigenvalue weighted by Gasteiger charge is 2.52. The van der Waals surface area contributed by atoms with E-state index in [-0.39, 0.29) is 25.6 Å². The zero-order valence-electron chi connectivity index (χ0n) is 16.5. The summed E-state index contributed by atoms with van der Waals surface area (Å²) in [5.41, 5.74) is -2.06. The molecule has 0 bridgehead atoms. The Kier molecular flexibility index (Phi) is 8.71. The highest BCUT2D eigenvalue weighted by Crippen LogP contribution is 2.27. The number of carbonyl (C=O) groups excluding carboxylic acids is 2. The van der Waals surface area contributed by atoms with Crippen molar-refractivity contribution in [3.8, 4) is 17.2 Å². The van der Waals surface area contributed by atoms with Crippen LogP contribution in [0.25, 0.3) is 0 Å². The largest absolute Gasteiger partial charge is 0.463 e. The van der Waals surface area contributed by atoms with Crippen molar-refractivity contribution in [2.24, 2.45) is 0 Å². The minimum Gasteiger partial charge on any atom is -0.463 e. The number of hydrogen-bond donors (Lipinski definition) is 0. The molecular formula is C21H23IO7. The Bertz CT molecular complexity index is 785. The first-order valence-electron chi connectivity index (χ1n) is 9.01. The number of benzene rings is 2. The molecule has 0 fully saturated rings. The van der Waals surface area contributed by atoms with Crippen molar-refractivity contribution in [2.45, 2.75) is 19.4 Å². The predicted molar refractivity (Wildman–Crippen MR) is 114 cm³/mol. The smallest absolute Gasteiger partial charge is 0.365 e. The van der Waals surface area contributed by atoms with Gasteiger partial charge in [-0.1, -0.05) is 0 Å². The van der Waals surface area contributed by atoms with Crippen molar-refractivity contribution in [2.75, 3.05) is 26.9 Å². The van der Waals surface area contributed by atoms with Gasteiger partial charge in [0.1, 0.15) is 23.9 Å². The normalized spacial score (nSPS) is 10.9. The van der Waals surface area contributed by atoms with E-state index in [2.05, 4.69) is 22.6 Å². The first-order chi connectivity index (χ1) is 13.9. The van der Waals surface area contributed by atoms with Gasteiger partial charge < -0.3 is 23.7 Å². The lowest BCUT2D eigenvalue weighted by Crippen LogP contribution is -2.57. The van der Waals surface area contributed by atoms with Gasteiger partial charge in [0.25, 0.3) is 0 Å². The second kappa shape index (κ2) is 11.0. The van der Waals surface area contributed by atoms with E-state index in [0.717, 1.165) is 3.57 Å². The molecule has 0 aliphatic carbocycles. The first-order valence-corrected chi connectivity index (χ1v) is 10.1. The third-order valence-electron chi connectivity index (χ3n) is 3.72. The highest BCUT2D eigenvalue weighted by molar-refractivity contribution is 14.1. The summed E-state index contributed by atoms with van der Waals surface area (Å²) in [6.07, 6.45) is 0. The van der Waals surface area contributed by atoms with Crippen molar-refractivity contribution in [1.82, 2.24) is 0 Å². The zero-order chi connectivity index (χ0) is 21.3. The molecule has 0 aliphatic heterocycles. The summed E-state index contributed by atoms with van der Waals surface area (Å²) in [6, 6.07) is 14.1. The second-order valence-electron chi connectivity index (χ2n) is 5.83. The summed E-state index contributed by atoms with van der Waals surface area (Å²) < 4.78 is 27.8. The Morgan fingerprint density at radius 3 is 1.72 bits per heavy atom. The van der Waals surface area contributed by atoms with Gasteiger partial charge in [0.15, 0.2) is 0 Å². The molecule has 156 valence electrons. The van der Waals surface area contributed by atoms with Crippen LogP contribution in [0.3, 0.4) is 0 Å². The number of halogens is 1. The Hall–Kier alpha value is -2.33. The Morgan fingerprint density at radius 2 is 1.28 bits per heavy atom. The fourth-order valence-electron chi connectivity index (χ4n) is 2.43. The summed E-state index contributed by atoms with van der Waals surface area (Å²) in [6.45, 7) is 3.08. The number of ether oxygens (including phenoxy) is 5. The van der Waals surface area contributed by atoms with Crippen LogP contribution in [0.1, 0.15) is 13.8 Å². The monoisotopic (exact) mass is 514 g/mol. The average Bonchev–Trinajstić information content (AvgIpc) is 2.71. The maximum Gasteiger partial charge on any atom is 0.365 e. The summed E-state index contributed by atoms with van der Waals surface area (Å²) in [5, 5.41) is 0. The molecule has 2 rings (SSSR count). The van der Waals surface area contributed by atoms with Gasteiger partial charge in [-0.25, -0.2) is 9.59 Å². The lowest BCUT2D eigenvalue weighted by Gasteiger charge is -2.29. The van der Waals surface area contributed by atoms with Crippen molar-refractivity contribution < 1.29 is 33.3 Å². The van der Waals surface area contributed by atoms with E-state index in [1.165, 1.54) is 7.11 Å². The summed E-state index contributed by atoms with van der Waals surface area (Å²) >= 11 is 2.22. The molecule has 0 radical (unpaired) electrons. The first kappa shape index (κ1) is 23.0. The van der Waals surface area contributed by atoms with E-state index < -0.39 is 17.5 Å². The molecule has 0 heterocycles. The Balaban J connectivity index is 2.23. The molecule has 0 unspecified atom stereocenters. The average molecular weight is 514 g/mol. The summed E-state index contributed by atoms with van der Waals surface area (Å²) in [4.78, 5) is 25.1. The Labute approximate surface area is 183 Å². The van der Waals surface area contributed by atoms with Crippen LogP contribution in [0.5, 0.6) is 17.2 Å². The number of methoxy groups -OCH3 is 1. The molecule has 0 spiro atoms. The van der Waals surface area contributed by atoms with Gasteiger partial charge in [0, 0.05) is 10.7 Å². The van der Waals surface area contributed by atoms with Crippen molar-refractivity contribution in [3.63, 3.8) is 0 Å². The van der Waals surface area contributed by atoms with Gasteiger partial charge in [-0.2, -0.15) is 0 Å². The molecule has 0 N–H and O–H groups in total. The van der Waals surface area contributed by atoms with Crippen molar-refractivity contribution in [3.05, 3.63) is 52.1 Å². The molecule has 0 saturated heterocycles. The molecule has 7 nitrogen and oxygen atoms in total. The van der Waals surface area contributed by atoms with Gasteiger partial charge >= 0.3 is 17.5 Å². The van der Waals surface area contributed by atoms with E-state index in [1.807, 2.05) is 24.3 Å². The fourth-order valence-corrected chi connectivity index (χ4v) is 2.79. The van der Waals surface area contributed by atoms with Crippen LogP contribution in [-0.2, 0) is 23.8 Å². The topological polar surface area (TPSA) is 80.3 Å². The van der Waals surface area contributed by atoms with E-state index in [4.69, 9.17) is 23.7 Å². The SMILES string of the molecule is CCOC(=O)C(COC)(Oc1ccc(Oc2ccc(I)cc2)cc1)C(=O)OCC. The molecule has 2 aromatic carbocycles. The second-order valence-corrected chi connectivity index (χ2v) is 7.08. The fraction of sp³-hybridized carbons (Fsp3) is 0.333. The lowest BCUT2D eigenvalue weighted by molar-refractivity contribution is -0.184. The van der Waals surface area contributed by atoms with Gasteiger partial charge in [-0.15, -0.1) is 0 Å². The minimum absolute atomic E-state index is 0.0792. The van der Waals surface area contributed by atoms with Gasteiger partial charge in [0.2, 0.25) is 0 Å². The van der Waals surface area contributed by atoms with Crippen LogP contribution in [0.15, 0.2) is 48.5 Å². The summed E-state index contributed by atoms with van der Waals surface area (Å²) in [5.74, 6) is -0.230. The van der Waals surface area contributed by atoms with Crippen molar-refractivity contribution in [1.29, 1.82) is 0 Å². The molecular weight excluding hydrogens is 491 g/mol. The molecule has 0 aliphatic rings. The Morgan fingerprint density at radius 1 is 0.828 bits per heavy atom. The van der Waals surface area contributed by atoms with Gasteiger partial charge in [-0.3, -0.25) is 0 Å². The third kappa shape index (κ3) is 6.07. The molecule has 8 heteroatoms. The van der Waals surface area contributed by atoms with E-state index in [0.29, 0.717) is 11.5 Å². The molecule has 0 saturated carbocycles. The quantitative estimate of drug-likeness (QED) is 0.270. The summed E-state index contributed by atoms with van der Waals surface area (Å²) in [7, 11) is 1.36. The minimum atomic E-state index is -2.06. The highest BCUT2D eigenvalue weighted by atomic mass is 127. The van der Waals surface area contributed by atoms with Crippen LogP contribution in [-0.4, -0.2) is 44.5 Å². The van der Waals surface area contributed by atoms with Crippen LogP contribution in [0.4, 0.5) is 0 Å². The molecule has 2 aromatic rings. The molecule has 0 aromatic heterocycles. The molecule has 29 heavy (non-hydrogen) atoms. The van der Waals surface area contributed by atoms with Crippen LogP contribution < -0.4 is 9.47 Å². The number of rotatable bonds is 10. The zero-order valence-corrected chi connectivity index (χ0v) is 18.6. The number of esters is 2. The predicted octanol–water partition coefficient (Wildman–Crippen LogP) is 3.97. The number of carbonyl (C=O) groups is 2. The van der Waals surface area contributed by atoms with Crippen LogP contribution in [0, 0.1) is 3.57 Å². The van der Waals surface area contributed by atoms with Gasteiger partial charge in [-0.05, 0) is 85.0 Å². The van der Waals surface area contributed by atoms with E-state index in [1.54, 1.807) is 38.1 Å². The van der Waals surface area contributed by atoms with Crippen molar-refractivity contribution >= 4 is 34.5 Å². The molecule has 0 amide bonds. The van der Waals surface area contributed by atoms with E-state index >= 15 is 0 Å². The lowest BCUT2D eigenvalue weighted by atomic mass is 10.1. The van der Waals surface area contributed by atoms with Crippen LogP contribution in [0.2, 0.25) is 0 Å². The molecule has 0 atom stereocenters. The number of hydrogen-bond acceptors (Lipinski definition) is 7. The van der Waals surface area contributed by atoms with E-state index in [9.17, 15) is 9.59 Å². The maximum atomic E-state index is 12.6. The maximum absolute atomic E-state index is 12.6.